The number of hydrogen-bond acceptors (Lipinski definition) is 4. The van der Waals surface area contributed by atoms with Gasteiger partial charge in [-0.1, -0.05) is 20.8 Å². The Labute approximate surface area is 165 Å². The summed E-state index contributed by atoms with van der Waals surface area (Å²) in [7, 11) is 0. The van der Waals surface area contributed by atoms with Crippen molar-refractivity contribution in [3.05, 3.63) is 42.1 Å². The summed E-state index contributed by atoms with van der Waals surface area (Å²) < 4.78 is 42.8. The van der Waals surface area contributed by atoms with Crippen LogP contribution in [0, 0.1) is 12.3 Å². The van der Waals surface area contributed by atoms with E-state index in [1.807, 2.05) is 27.7 Å². The monoisotopic (exact) mass is 406 g/mol. The number of fused-ring (bicyclic) bond motifs is 1. The van der Waals surface area contributed by atoms with Crippen LogP contribution in [-0.4, -0.2) is 26.8 Å². The number of hydrogen-bond donors (Lipinski definition) is 1. The first-order valence-corrected chi connectivity index (χ1v) is 8.93. The molecule has 0 bridgehead atoms. The Bertz CT molecular complexity index is 1030. The van der Waals surface area contributed by atoms with Gasteiger partial charge in [0.05, 0.1) is 5.69 Å². The predicted octanol–water partition coefficient (Wildman–Crippen LogP) is 5.00. The lowest BCUT2D eigenvalue weighted by atomic mass is 9.92. The number of ether oxygens (including phenoxy) is 1. The fourth-order valence-electron chi connectivity index (χ4n) is 2.83. The number of nitrogens with one attached hydrogen (secondary N) is 1. The molecule has 29 heavy (non-hydrogen) atoms. The summed E-state index contributed by atoms with van der Waals surface area (Å²) in [6.45, 7) is 7.65. The van der Waals surface area contributed by atoms with Crippen LogP contribution in [0.25, 0.3) is 16.9 Å². The van der Waals surface area contributed by atoms with E-state index in [-0.39, 0.29) is 29.4 Å². The van der Waals surface area contributed by atoms with Gasteiger partial charge < -0.3 is 4.74 Å². The molecular formula is C20H21F3N4O2. The van der Waals surface area contributed by atoms with Gasteiger partial charge in [-0.3, -0.25) is 14.7 Å². The molecule has 0 fully saturated rings. The molecule has 2 heterocycles. The molecule has 0 saturated carbocycles. The number of aryl methyl sites for hydroxylation is 1. The first-order valence-electron chi connectivity index (χ1n) is 8.93. The van der Waals surface area contributed by atoms with E-state index in [1.165, 1.54) is 24.3 Å². The summed E-state index contributed by atoms with van der Waals surface area (Å²) in [6.07, 6.45) is -4.49. The Morgan fingerprint density at radius 1 is 1.07 bits per heavy atom. The molecule has 0 aliphatic heterocycles. The van der Waals surface area contributed by atoms with Crippen molar-refractivity contribution in [3.8, 4) is 11.4 Å². The minimum atomic E-state index is -4.77. The first-order chi connectivity index (χ1) is 13.4. The van der Waals surface area contributed by atoms with Crippen molar-refractivity contribution in [1.82, 2.24) is 14.5 Å². The molecule has 6 nitrogen and oxygen atoms in total. The topological polar surface area (TPSA) is 69.0 Å². The van der Waals surface area contributed by atoms with Gasteiger partial charge in [0.25, 0.3) is 0 Å². The largest absolute Gasteiger partial charge is 0.573 e. The number of aromatic nitrogens is 3. The van der Waals surface area contributed by atoms with Crippen LogP contribution in [-0.2, 0) is 4.79 Å². The van der Waals surface area contributed by atoms with Crippen LogP contribution in [0.15, 0.2) is 36.4 Å². The predicted molar refractivity (Wildman–Crippen MR) is 103 cm³/mol. The minimum Gasteiger partial charge on any atom is -0.406 e. The fraction of sp³-hybridized carbons (Fsp3) is 0.350. The van der Waals surface area contributed by atoms with E-state index in [9.17, 15) is 18.0 Å². The highest BCUT2D eigenvalue weighted by Crippen LogP contribution is 2.28. The van der Waals surface area contributed by atoms with E-state index in [0.717, 1.165) is 5.69 Å². The van der Waals surface area contributed by atoms with Crippen molar-refractivity contribution in [1.29, 1.82) is 0 Å². The summed E-state index contributed by atoms with van der Waals surface area (Å²) >= 11 is 0. The van der Waals surface area contributed by atoms with E-state index in [0.29, 0.717) is 16.9 Å². The quantitative estimate of drug-likeness (QED) is 0.662. The number of anilines is 1. The van der Waals surface area contributed by atoms with E-state index < -0.39 is 6.36 Å². The van der Waals surface area contributed by atoms with E-state index in [1.54, 1.807) is 16.7 Å². The molecule has 9 heteroatoms. The van der Waals surface area contributed by atoms with Crippen molar-refractivity contribution in [2.24, 2.45) is 5.41 Å². The zero-order chi connectivity index (χ0) is 21.4. The van der Waals surface area contributed by atoms with Crippen LogP contribution in [0.3, 0.4) is 0 Å². The molecule has 1 amide bonds. The molecule has 1 N–H and O–H groups in total. The molecule has 2 aromatic heterocycles. The average Bonchev–Trinajstić information content (AvgIpc) is 2.89. The van der Waals surface area contributed by atoms with Crippen LogP contribution in [0.4, 0.5) is 19.1 Å². The standard InChI is InChI=1S/C20H21F3N4O2/c1-12-5-10-15-17(24-12)27(18(25-15)26-16(28)11-19(2,3)4)13-6-8-14(9-7-13)29-20(21,22)23/h5-10H,11H2,1-4H3,(H,25,26,28). The van der Waals surface area contributed by atoms with Crippen molar-refractivity contribution < 1.29 is 22.7 Å². The zero-order valence-electron chi connectivity index (χ0n) is 16.5. The second-order valence-electron chi connectivity index (χ2n) is 7.89. The third kappa shape index (κ3) is 5.24. The number of pyridine rings is 1. The first kappa shape index (κ1) is 20.6. The van der Waals surface area contributed by atoms with Gasteiger partial charge in [-0.05, 0) is 48.7 Å². The maximum absolute atomic E-state index is 12.4. The van der Waals surface area contributed by atoms with Crippen LogP contribution in [0.2, 0.25) is 0 Å². The minimum absolute atomic E-state index is 0.216. The Hall–Kier alpha value is -3.10. The van der Waals surface area contributed by atoms with Gasteiger partial charge in [0, 0.05) is 12.1 Å². The number of benzene rings is 1. The molecule has 3 aromatic rings. The van der Waals surface area contributed by atoms with E-state index >= 15 is 0 Å². The maximum atomic E-state index is 12.4. The third-order valence-electron chi connectivity index (χ3n) is 3.91. The van der Waals surface area contributed by atoms with Gasteiger partial charge in [0.2, 0.25) is 11.9 Å². The molecule has 1 aromatic carbocycles. The smallest absolute Gasteiger partial charge is 0.406 e. The Balaban J connectivity index is 2.03. The SMILES string of the molecule is Cc1ccc2nc(NC(=O)CC(C)(C)C)n(-c3ccc(OC(F)(F)F)cc3)c2n1. The number of alkyl halides is 3. The second-order valence-corrected chi connectivity index (χ2v) is 7.89. The summed E-state index contributed by atoms with van der Waals surface area (Å²) in [6, 6.07) is 8.86. The van der Waals surface area contributed by atoms with E-state index in [4.69, 9.17) is 0 Å². The lowest BCUT2D eigenvalue weighted by Gasteiger charge is -2.17. The second kappa shape index (κ2) is 7.38. The number of nitrogens with zero attached hydrogens (tertiary/aromatic N) is 3. The number of amides is 1. The Morgan fingerprint density at radius 2 is 1.72 bits per heavy atom. The van der Waals surface area contributed by atoms with Gasteiger partial charge in [-0.25, -0.2) is 9.97 Å². The lowest BCUT2D eigenvalue weighted by Crippen LogP contribution is -2.21. The Morgan fingerprint density at radius 3 is 2.31 bits per heavy atom. The molecule has 0 radical (unpaired) electrons. The van der Waals surface area contributed by atoms with E-state index in [2.05, 4.69) is 20.0 Å². The number of carbonyl (C=O) groups excluding carboxylic acids is 1. The van der Waals surface area contributed by atoms with Crippen LogP contribution in [0.1, 0.15) is 32.9 Å². The Kier molecular flexibility index (Phi) is 5.25. The van der Waals surface area contributed by atoms with Crippen LogP contribution < -0.4 is 10.1 Å². The van der Waals surface area contributed by atoms with Crippen molar-refractivity contribution in [2.45, 2.75) is 40.5 Å². The molecule has 0 aliphatic rings. The molecule has 0 aliphatic carbocycles. The summed E-state index contributed by atoms with van der Waals surface area (Å²) in [4.78, 5) is 21.3. The van der Waals surface area contributed by atoms with Crippen LogP contribution in [0.5, 0.6) is 5.75 Å². The average molecular weight is 406 g/mol. The van der Waals surface area contributed by atoms with Gasteiger partial charge in [0.15, 0.2) is 5.65 Å². The molecular weight excluding hydrogens is 385 g/mol. The highest BCUT2D eigenvalue weighted by atomic mass is 19.4. The zero-order valence-corrected chi connectivity index (χ0v) is 16.5. The molecule has 154 valence electrons. The van der Waals surface area contributed by atoms with Crippen molar-refractivity contribution in [3.63, 3.8) is 0 Å². The summed E-state index contributed by atoms with van der Waals surface area (Å²) in [5.41, 5.74) is 2.05. The van der Waals surface area contributed by atoms with Gasteiger partial charge >= 0.3 is 6.36 Å². The molecule has 0 spiro atoms. The van der Waals surface area contributed by atoms with Crippen molar-refractivity contribution in [2.75, 3.05) is 5.32 Å². The van der Waals surface area contributed by atoms with Crippen LogP contribution >= 0.6 is 0 Å². The summed E-state index contributed by atoms with van der Waals surface area (Å²) in [5.74, 6) is -0.312. The summed E-state index contributed by atoms with van der Waals surface area (Å²) in [5, 5.41) is 2.79. The normalized spacial score (nSPS) is 12.2. The highest BCUT2D eigenvalue weighted by molar-refractivity contribution is 5.92. The number of rotatable bonds is 4. The van der Waals surface area contributed by atoms with Gasteiger partial charge in [-0.2, -0.15) is 0 Å². The molecule has 0 atom stereocenters. The van der Waals surface area contributed by atoms with Crippen molar-refractivity contribution >= 4 is 23.0 Å². The third-order valence-corrected chi connectivity index (χ3v) is 3.91. The molecule has 3 rings (SSSR count). The number of imidazole rings is 1. The highest BCUT2D eigenvalue weighted by Gasteiger charge is 2.31. The fourth-order valence-corrected chi connectivity index (χ4v) is 2.83. The molecule has 0 saturated heterocycles. The lowest BCUT2D eigenvalue weighted by molar-refractivity contribution is -0.274. The maximum Gasteiger partial charge on any atom is 0.573 e. The molecule has 0 unspecified atom stereocenters. The number of halogens is 3. The number of carbonyl (C=O) groups is 1. The van der Waals surface area contributed by atoms with Gasteiger partial charge in [0.1, 0.15) is 11.3 Å². The van der Waals surface area contributed by atoms with Gasteiger partial charge in [-0.15, -0.1) is 13.2 Å².